The molecule has 0 radical (unpaired) electrons. The van der Waals surface area contributed by atoms with Crippen LogP contribution in [0.5, 0.6) is 5.75 Å². The van der Waals surface area contributed by atoms with Gasteiger partial charge in [-0.2, -0.15) is 13.5 Å². The number of benzene rings is 1. The van der Waals surface area contributed by atoms with E-state index in [1.54, 1.807) is 12.1 Å². The summed E-state index contributed by atoms with van der Waals surface area (Å²) in [6.45, 7) is 3.59. The maximum atomic E-state index is 9.19. The first kappa shape index (κ1) is 14.4. The van der Waals surface area contributed by atoms with Crippen LogP contribution in [-0.4, -0.2) is 28.2 Å². The molecule has 0 saturated carbocycles. The van der Waals surface area contributed by atoms with E-state index in [1.165, 1.54) is 0 Å². The Balaban J connectivity index is -0.000000125. The van der Waals surface area contributed by atoms with E-state index in [9.17, 15) is 5.11 Å². The van der Waals surface area contributed by atoms with Crippen LogP contribution in [0.1, 0.15) is 8.42 Å². The normalized spacial score (nSPS) is 7.67. The Labute approximate surface area is 99.1 Å². The quantitative estimate of drug-likeness (QED) is 0.565. The number of phenols is 1. The summed E-state index contributed by atoms with van der Waals surface area (Å²) >= 11 is 0. The molecule has 0 aromatic heterocycles. The Kier molecular flexibility index (Phi) is 9.03. The van der Waals surface area contributed by atoms with Gasteiger partial charge in [-0.05, 0) is 18.1 Å². The average molecular weight is 195 g/mol. The molecule has 1 rings (SSSR count). The molecule has 1 aromatic carbocycles. The number of allylic oxidation sites excluding steroid dienone is 1. The molecule has 12 heavy (non-hydrogen) atoms. The van der Waals surface area contributed by atoms with Crippen molar-refractivity contribution >= 4 is 36.5 Å². The van der Waals surface area contributed by atoms with Crippen LogP contribution in [0.3, 0.4) is 0 Å². The van der Waals surface area contributed by atoms with Gasteiger partial charge in [-0.1, -0.05) is 24.3 Å². The van der Waals surface area contributed by atoms with Crippen LogP contribution >= 0.6 is 13.5 Å². The van der Waals surface area contributed by atoms with Crippen molar-refractivity contribution in [3.8, 4) is 5.75 Å². The molecule has 3 heteroatoms. The largest absolute Gasteiger partial charge is 2.00 e. The Morgan fingerprint density at radius 3 is 2.50 bits per heavy atom. The molecule has 1 aromatic rings. The molecule has 0 bridgehead atoms. The predicted octanol–water partition coefficient (Wildman–Crippen LogP) is 2.08. The summed E-state index contributed by atoms with van der Waals surface area (Å²) in [7, 11) is 0. The molecule has 0 unspecified atom stereocenters. The maximum absolute atomic E-state index is 9.19. The third kappa shape index (κ3) is 4.04. The summed E-state index contributed by atoms with van der Waals surface area (Å²) < 4.78 is 0. The SMILES string of the molecule is C=CCc1ccccc1O.S.[H-].[H-].[Mg+2]. The fourth-order valence-electron chi connectivity index (χ4n) is 0.839. The molecule has 0 heterocycles. The molecule has 0 saturated heterocycles. The molecule has 0 atom stereocenters. The second kappa shape index (κ2) is 7.52. The van der Waals surface area contributed by atoms with Crippen molar-refractivity contribution in [2.24, 2.45) is 0 Å². The number of rotatable bonds is 2. The summed E-state index contributed by atoms with van der Waals surface area (Å²) in [5.41, 5.74) is 0.928. The topological polar surface area (TPSA) is 20.2 Å². The van der Waals surface area contributed by atoms with E-state index in [1.807, 2.05) is 18.2 Å². The fourth-order valence-corrected chi connectivity index (χ4v) is 0.839. The van der Waals surface area contributed by atoms with E-state index < -0.39 is 0 Å². The van der Waals surface area contributed by atoms with Gasteiger partial charge in [0.2, 0.25) is 0 Å². The second-order valence-electron chi connectivity index (χ2n) is 2.12. The van der Waals surface area contributed by atoms with E-state index in [4.69, 9.17) is 0 Å². The van der Waals surface area contributed by atoms with E-state index in [0.29, 0.717) is 5.75 Å². The van der Waals surface area contributed by atoms with Gasteiger partial charge in [-0.15, -0.1) is 6.58 Å². The van der Waals surface area contributed by atoms with Crippen LogP contribution in [0.15, 0.2) is 36.9 Å². The average Bonchev–Trinajstić information content (AvgIpc) is 1.94. The van der Waals surface area contributed by atoms with Crippen molar-refractivity contribution in [3.05, 3.63) is 42.5 Å². The first-order valence-electron chi connectivity index (χ1n) is 3.22. The van der Waals surface area contributed by atoms with Crippen molar-refractivity contribution in [1.29, 1.82) is 0 Å². The zero-order chi connectivity index (χ0) is 7.40. The number of phenolic OH excluding ortho intramolecular Hbond substituents is 1. The van der Waals surface area contributed by atoms with Crippen molar-refractivity contribution in [1.82, 2.24) is 0 Å². The third-order valence-corrected chi connectivity index (χ3v) is 1.36. The molecule has 0 fully saturated rings. The van der Waals surface area contributed by atoms with E-state index >= 15 is 0 Å². The van der Waals surface area contributed by atoms with Crippen LogP contribution in [0.2, 0.25) is 0 Å². The van der Waals surface area contributed by atoms with Gasteiger partial charge < -0.3 is 7.96 Å². The molecule has 1 N–H and O–H groups in total. The molecule has 64 valence electrons. The van der Waals surface area contributed by atoms with Gasteiger partial charge in [0.05, 0.1) is 0 Å². The molecule has 0 aliphatic heterocycles. The summed E-state index contributed by atoms with van der Waals surface area (Å²) in [6, 6.07) is 7.27. The minimum absolute atomic E-state index is 0. The Morgan fingerprint density at radius 2 is 2.00 bits per heavy atom. The van der Waals surface area contributed by atoms with Crippen LogP contribution in [0.4, 0.5) is 0 Å². The first-order valence-corrected chi connectivity index (χ1v) is 3.22. The first-order chi connectivity index (χ1) is 4.84. The van der Waals surface area contributed by atoms with E-state index in [-0.39, 0.29) is 39.4 Å². The van der Waals surface area contributed by atoms with Crippen LogP contribution < -0.4 is 0 Å². The monoisotopic (exact) mass is 194 g/mol. The van der Waals surface area contributed by atoms with Crippen LogP contribution in [-0.2, 0) is 6.42 Å². The Morgan fingerprint density at radius 1 is 1.42 bits per heavy atom. The maximum Gasteiger partial charge on any atom is 2.00 e. The van der Waals surface area contributed by atoms with Gasteiger partial charge in [0.25, 0.3) is 0 Å². The molecule has 0 amide bonds. The smallest absolute Gasteiger partial charge is 1.00 e. The van der Waals surface area contributed by atoms with Crippen LogP contribution in [0, 0.1) is 0 Å². The standard InChI is InChI=1S/C9H10O.Mg.H2S.2H/c1-2-5-8-6-3-4-7-9(8)10;;;;/h2-4,6-7,10H,1,5H2;;1H2;;/q;+2;;2*-1. The van der Waals surface area contributed by atoms with Crippen molar-refractivity contribution in [2.45, 2.75) is 6.42 Å². The van der Waals surface area contributed by atoms with E-state index in [2.05, 4.69) is 6.58 Å². The zero-order valence-electron chi connectivity index (χ0n) is 8.96. The molecule has 0 spiro atoms. The minimum Gasteiger partial charge on any atom is -1.00 e. The molecular weight excluding hydrogens is 180 g/mol. The summed E-state index contributed by atoms with van der Waals surface area (Å²) in [5, 5.41) is 9.19. The van der Waals surface area contributed by atoms with Crippen molar-refractivity contribution in [2.75, 3.05) is 0 Å². The number of para-hydroxylation sites is 1. The summed E-state index contributed by atoms with van der Waals surface area (Å²) in [5.74, 6) is 0.349. The second-order valence-corrected chi connectivity index (χ2v) is 2.12. The Hall–Kier alpha value is -0.124. The van der Waals surface area contributed by atoms with Crippen LogP contribution in [0.25, 0.3) is 0 Å². The molecular formula is C9H14MgOS. The van der Waals surface area contributed by atoms with Gasteiger partial charge >= 0.3 is 23.1 Å². The van der Waals surface area contributed by atoms with Gasteiger partial charge in [0.1, 0.15) is 5.75 Å². The van der Waals surface area contributed by atoms with Crippen molar-refractivity contribution in [3.63, 3.8) is 0 Å². The summed E-state index contributed by atoms with van der Waals surface area (Å²) in [6.07, 6.45) is 2.50. The van der Waals surface area contributed by atoms with Crippen molar-refractivity contribution < 1.29 is 7.96 Å². The van der Waals surface area contributed by atoms with Gasteiger partial charge in [-0.25, -0.2) is 0 Å². The fraction of sp³-hybridized carbons (Fsp3) is 0.111. The number of hydrogen-bond acceptors (Lipinski definition) is 1. The third-order valence-electron chi connectivity index (χ3n) is 1.36. The van der Waals surface area contributed by atoms with Gasteiger partial charge in [-0.3, -0.25) is 0 Å². The zero-order valence-corrected chi connectivity index (χ0v) is 9.37. The predicted molar refractivity (Wildman–Crippen MR) is 60.4 cm³/mol. The summed E-state index contributed by atoms with van der Waals surface area (Å²) in [4.78, 5) is 0. The molecule has 1 nitrogen and oxygen atoms in total. The minimum atomic E-state index is 0. The molecule has 0 aliphatic rings. The number of aromatic hydroxyl groups is 1. The number of hydrogen-bond donors (Lipinski definition) is 1. The van der Waals surface area contributed by atoms with E-state index in [0.717, 1.165) is 12.0 Å². The Bertz CT molecular complexity index is 246. The van der Waals surface area contributed by atoms with Gasteiger partial charge in [0, 0.05) is 0 Å². The molecule has 0 aliphatic carbocycles. The van der Waals surface area contributed by atoms with Gasteiger partial charge in [0.15, 0.2) is 0 Å².